The average Bonchev–Trinajstić information content (AvgIpc) is 2.73. The third-order valence-electron chi connectivity index (χ3n) is 6.68. The number of carbonyl (C=O) groups excluding carboxylic acids is 1. The van der Waals surface area contributed by atoms with Gasteiger partial charge in [0.1, 0.15) is 18.0 Å². The predicted octanol–water partition coefficient (Wildman–Crippen LogP) is 5.36. The van der Waals surface area contributed by atoms with Gasteiger partial charge in [0.2, 0.25) is 0 Å². The maximum atomic E-state index is 13.2. The number of rotatable bonds is 9. The molecular formula is C26H42N2O3. The van der Waals surface area contributed by atoms with Crippen LogP contribution in [-0.2, 0) is 9.53 Å². The molecule has 1 aromatic rings. The molecule has 31 heavy (non-hydrogen) atoms. The fourth-order valence-electron chi connectivity index (χ4n) is 5.35. The zero-order chi connectivity index (χ0) is 22.3. The van der Waals surface area contributed by atoms with Gasteiger partial charge in [0.15, 0.2) is 0 Å². The van der Waals surface area contributed by atoms with Gasteiger partial charge in [0.05, 0.1) is 0 Å². The molecule has 1 aromatic carbocycles. The quantitative estimate of drug-likeness (QED) is 0.573. The van der Waals surface area contributed by atoms with Crippen molar-refractivity contribution in [1.29, 1.82) is 0 Å². The summed E-state index contributed by atoms with van der Waals surface area (Å²) >= 11 is 0. The molecule has 1 amide bonds. The van der Waals surface area contributed by atoms with Crippen LogP contribution in [0.5, 0.6) is 5.75 Å². The summed E-state index contributed by atoms with van der Waals surface area (Å²) in [6.07, 6.45) is 6.07. The molecule has 4 atom stereocenters. The van der Waals surface area contributed by atoms with E-state index >= 15 is 0 Å². The third-order valence-corrected chi connectivity index (χ3v) is 6.68. The molecule has 174 valence electrons. The lowest BCUT2D eigenvalue weighted by Gasteiger charge is -2.38. The van der Waals surface area contributed by atoms with Crippen molar-refractivity contribution >= 4 is 11.6 Å². The summed E-state index contributed by atoms with van der Waals surface area (Å²) in [4.78, 5) is 15.7. The summed E-state index contributed by atoms with van der Waals surface area (Å²) in [5.41, 5.74) is 0.111. The molecule has 1 saturated heterocycles. The summed E-state index contributed by atoms with van der Waals surface area (Å²) in [6.45, 7) is 13.6. The van der Waals surface area contributed by atoms with Gasteiger partial charge in [-0.1, -0.05) is 34.1 Å². The molecule has 0 aromatic heterocycles. The lowest BCUT2D eigenvalue weighted by atomic mass is 9.78. The van der Waals surface area contributed by atoms with Crippen molar-refractivity contribution in [2.75, 3.05) is 38.2 Å². The van der Waals surface area contributed by atoms with Crippen LogP contribution in [0.15, 0.2) is 24.3 Å². The molecule has 0 bridgehead atoms. The van der Waals surface area contributed by atoms with E-state index in [2.05, 4.69) is 37.9 Å². The number of piperidine rings is 1. The van der Waals surface area contributed by atoms with Crippen molar-refractivity contribution < 1.29 is 14.3 Å². The molecule has 0 spiro atoms. The lowest BCUT2D eigenvalue weighted by molar-refractivity contribution is -0.148. The molecule has 1 aliphatic carbocycles. The van der Waals surface area contributed by atoms with Gasteiger partial charge in [-0.15, -0.1) is 0 Å². The molecule has 0 unspecified atom stereocenters. The van der Waals surface area contributed by atoms with E-state index in [1.54, 1.807) is 0 Å². The molecule has 1 N–H and O–H groups in total. The number of benzene rings is 1. The highest BCUT2D eigenvalue weighted by atomic mass is 16.5. The van der Waals surface area contributed by atoms with Crippen LogP contribution < -0.4 is 10.1 Å². The van der Waals surface area contributed by atoms with Crippen LogP contribution in [0.2, 0.25) is 0 Å². The molecule has 5 heteroatoms. The third kappa shape index (κ3) is 6.95. The Labute approximate surface area is 188 Å². The highest BCUT2D eigenvalue weighted by Gasteiger charge is 2.42. The van der Waals surface area contributed by atoms with Gasteiger partial charge >= 0.3 is 0 Å². The molecule has 5 nitrogen and oxygen atoms in total. The maximum absolute atomic E-state index is 13.2. The normalized spacial score (nSPS) is 29.5. The van der Waals surface area contributed by atoms with Crippen LogP contribution in [-0.4, -0.2) is 49.3 Å². The predicted molar refractivity (Wildman–Crippen MR) is 127 cm³/mol. The van der Waals surface area contributed by atoms with E-state index in [1.165, 1.54) is 25.9 Å². The van der Waals surface area contributed by atoms with Crippen molar-refractivity contribution in [3.8, 4) is 5.75 Å². The molecule has 1 heterocycles. The molecule has 0 radical (unpaired) electrons. The Morgan fingerprint density at radius 1 is 1.10 bits per heavy atom. The second kappa shape index (κ2) is 11.3. The topological polar surface area (TPSA) is 50.8 Å². The van der Waals surface area contributed by atoms with Crippen molar-refractivity contribution in [3.63, 3.8) is 0 Å². The number of ether oxygens (including phenoxy) is 2. The van der Waals surface area contributed by atoms with Crippen LogP contribution >= 0.6 is 0 Å². The van der Waals surface area contributed by atoms with Gasteiger partial charge in [-0.3, -0.25) is 9.69 Å². The fraction of sp³-hybridized carbons (Fsp3) is 0.731. The van der Waals surface area contributed by atoms with E-state index in [4.69, 9.17) is 9.47 Å². The van der Waals surface area contributed by atoms with Gasteiger partial charge in [-0.2, -0.15) is 0 Å². The minimum Gasteiger partial charge on any atom is -0.492 e. The first kappa shape index (κ1) is 24.1. The van der Waals surface area contributed by atoms with Crippen LogP contribution in [0.25, 0.3) is 0 Å². The smallest absolute Gasteiger partial charge is 0.256 e. The van der Waals surface area contributed by atoms with Crippen LogP contribution in [0.1, 0.15) is 66.2 Å². The van der Waals surface area contributed by atoms with Gasteiger partial charge in [0.25, 0.3) is 5.91 Å². The van der Waals surface area contributed by atoms with Crippen LogP contribution in [0, 0.1) is 17.8 Å². The Morgan fingerprint density at radius 2 is 1.81 bits per heavy atom. The minimum atomic E-state index is -0.689. The molecular weight excluding hydrogens is 388 g/mol. The van der Waals surface area contributed by atoms with Gasteiger partial charge < -0.3 is 14.8 Å². The van der Waals surface area contributed by atoms with Crippen LogP contribution in [0.4, 0.5) is 5.69 Å². The molecule has 3 rings (SSSR count). The van der Waals surface area contributed by atoms with Crippen molar-refractivity contribution in [2.24, 2.45) is 17.8 Å². The Hall–Kier alpha value is -1.59. The number of amides is 1. The van der Waals surface area contributed by atoms with E-state index in [1.807, 2.05) is 24.3 Å². The summed E-state index contributed by atoms with van der Waals surface area (Å²) in [5.74, 6) is 2.89. The maximum Gasteiger partial charge on any atom is 0.256 e. The number of nitrogens with one attached hydrogen (secondary N) is 1. The zero-order valence-electron chi connectivity index (χ0n) is 20.0. The highest BCUT2D eigenvalue weighted by Crippen LogP contribution is 2.36. The van der Waals surface area contributed by atoms with E-state index in [0.29, 0.717) is 19.1 Å². The van der Waals surface area contributed by atoms with E-state index < -0.39 is 5.60 Å². The first-order valence-corrected chi connectivity index (χ1v) is 12.3. The summed E-state index contributed by atoms with van der Waals surface area (Å²) in [7, 11) is 0. The number of carbonyl (C=O) groups is 1. The first-order valence-electron chi connectivity index (χ1n) is 12.3. The van der Waals surface area contributed by atoms with Gasteiger partial charge in [-0.05, 0) is 74.1 Å². The van der Waals surface area contributed by atoms with Gasteiger partial charge in [0, 0.05) is 31.9 Å². The first-order chi connectivity index (χ1) is 14.9. The summed E-state index contributed by atoms with van der Waals surface area (Å²) in [5, 5.41) is 3.10. The molecule has 1 saturated carbocycles. The number of likely N-dealkylation sites (tertiary alicyclic amines) is 1. The Bertz CT molecular complexity index is 682. The average molecular weight is 431 g/mol. The Balaban J connectivity index is 1.50. The number of hydrogen-bond donors (Lipinski definition) is 1. The zero-order valence-corrected chi connectivity index (χ0v) is 20.0. The van der Waals surface area contributed by atoms with Crippen molar-refractivity contribution in [3.05, 3.63) is 24.3 Å². The lowest BCUT2D eigenvalue weighted by Crippen LogP contribution is -2.48. The molecule has 2 aliphatic rings. The Morgan fingerprint density at radius 3 is 2.45 bits per heavy atom. The van der Waals surface area contributed by atoms with Crippen molar-refractivity contribution in [2.45, 2.75) is 71.8 Å². The fourth-order valence-corrected chi connectivity index (χ4v) is 5.35. The summed E-state index contributed by atoms with van der Waals surface area (Å²) < 4.78 is 12.1. The van der Waals surface area contributed by atoms with E-state index in [0.717, 1.165) is 55.5 Å². The largest absolute Gasteiger partial charge is 0.492 e. The monoisotopic (exact) mass is 430 g/mol. The summed E-state index contributed by atoms with van der Waals surface area (Å²) in [6, 6.07) is 7.75. The SMILES string of the molecule is CCCO[C@@]1(C(=O)Nc2ccc(OCCN3C[C@H](C)C[C@H](C)C3)cc2)CCC[C@@H](C)C1. The standard InChI is InChI=1S/C26H42N2O3/c1-5-14-31-26(12-6-7-20(2)17-26)25(29)27-23-8-10-24(11-9-23)30-15-13-28-18-21(3)16-22(4)19-28/h8-11,20-22H,5-7,12-19H2,1-4H3,(H,27,29)/t20-,21-,22+,26+/m1/s1. The molecule has 1 aliphatic heterocycles. The van der Waals surface area contributed by atoms with E-state index in [-0.39, 0.29) is 5.91 Å². The minimum absolute atomic E-state index is 0.00509. The van der Waals surface area contributed by atoms with E-state index in [9.17, 15) is 4.79 Å². The Kier molecular flexibility index (Phi) is 8.79. The number of hydrogen-bond acceptors (Lipinski definition) is 4. The van der Waals surface area contributed by atoms with Crippen LogP contribution in [0.3, 0.4) is 0 Å². The second-order valence-corrected chi connectivity index (χ2v) is 10.1. The van der Waals surface area contributed by atoms with Crippen molar-refractivity contribution in [1.82, 2.24) is 4.90 Å². The van der Waals surface area contributed by atoms with Gasteiger partial charge in [-0.25, -0.2) is 0 Å². The molecule has 2 fully saturated rings. The number of nitrogens with zero attached hydrogens (tertiary/aromatic N) is 1. The number of anilines is 1. The highest BCUT2D eigenvalue weighted by molar-refractivity contribution is 5.97. The second-order valence-electron chi connectivity index (χ2n) is 10.1.